The van der Waals surface area contributed by atoms with Crippen LogP contribution in [0.1, 0.15) is 46.3 Å². The number of aromatic nitrogens is 1. The van der Waals surface area contributed by atoms with Crippen molar-refractivity contribution in [2.75, 3.05) is 26.2 Å². The minimum atomic E-state index is -4.45. The van der Waals surface area contributed by atoms with E-state index in [1.165, 1.54) is 17.7 Å². The minimum absolute atomic E-state index is 0.183. The van der Waals surface area contributed by atoms with Crippen molar-refractivity contribution >= 4 is 22.5 Å². The molecule has 0 radical (unpaired) electrons. The summed E-state index contributed by atoms with van der Waals surface area (Å²) in [5.41, 5.74) is 2.20. The van der Waals surface area contributed by atoms with Crippen LogP contribution in [-0.2, 0) is 19.1 Å². The normalized spacial score (nSPS) is 20.5. The Morgan fingerprint density at radius 1 is 0.925 bits per heavy atom. The van der Waals surface area contributed by atoms with Crippen molar-refractivity contribution < 1.29 is 18.4 Å². The molecule has 4 aromatic rings. The molecule has 9 heteroatoms. The van der Waals surface area contributed by atoms with Gasteiger partial charge in [0.05, 0.1) is 22.2 Å². The number of alkyl halides is 3. The molecule has 3 aromatic carbocycles. The van der Waals surface area contributed by atoms with E-state index in [0.717, 1.165) is 30.4 Å². The van der Waals surface area contributed by atoms with Crippen LogP contribution in [0, 0.1) is 0 Å². The van der Waals surface area contributed by atoms with E-state index in [-0.39, 0.29) is 23.8 Å². The Labute approximate surface area is 235 Å². The fourth-order valence-electron chi connectivity index (χ4n) is 6.28. The van der Waals surface area contributed by atoms with E-state index in [1.807, 2.05) is 18.2 Å². The van der Waals surface area contributed by atoms with E-state index in [2.05, 4.69) is 21.9 Å². The van der Waals surface area contributed by atoms with Gasteiger partial charge >= 0.3 is 6.18 Å². The topological polar surface area (TPSA) is 48.7 Å². The maximum absolute atomic E-state index is 13.9. The van der Waals surface area contributed by atoms with Crippen molar-refractivity contribution in [2.24, 2.45) is 0 Å². The van der Waals surface area contributed by atoms with Gasteiger partial charge in [0, 0.05) is 49.4 Å². The van der Waals surface area contributed by atoms with Crippen molar-refractivity contribution in [1.82, 2.24) is 14.5 Å². The fourth-order valence-corrected chi connectivity index (χ4v) is 6.46. The highest BCUT2D eigenvalue weighted by Crippen LogP contribution is 2.42. The highest BCUT2D eigenvalue weighted by molar-refractivity contribution is 6.31. The molecule has 2 unspecified atom stereocenters. The summed E-state index contributed by atoms with van der Waals surface area (Å²) >= 11 is 6.21. The Balaban J connectivity index is 1.37. The van der Waals surface area contributed by atoms with Gasteiger partial charge in [0.25, 0.3) is 0 Å². The number of benzene rings is 3. The largest absolute Gasteiger partial charge is 0.428 e. The predicted molar refractivity (Wildman–Crippen MR) is 149 cm³/mol. The third kappa shape index (κ3) is 5.11. The van der Waals surface area contributed by atoms with Gasteiger partial charge in [0.2, 0.25) is 0 Å². The molecule has 1 aromatic heterocycles. The Morgan fingerprint density at radius 3 is 2.40 bits per heavy atom. The molecule has 2 aliphatic rings. The molecule has 208 valence electrons. The highest BCUT2D eigenvalue weighted by atomic mass is 35.5. The molecule has 6 rings (SSSR count). The molecular weight excluding hydrogens is 539 g/mol. The summed E-state index contributed by atoms with van der Waals surface area (Å²) in [6.45, 7) is 3.81. The first-order valence-electron chi connectivity index (χ1n) is 13.4. The van der Waals surface area contributed by atoms with Crippen molar-refractivity contribution in [3.05, 3.63) is 116 Å². The maximum Gasteiger partial charge on any atom is 0.416 e. The summed E-state index contributed by atoms with van der Waals surface area (Å²) < 4.78 is 41.7. The second-order valence-electron chi connectivity index (χ2n) is 10.7. The number of hydrogen-bond donors (Lipinski definition) is 1. The average Bonchev–Trinajstić information content (AvgIpc) is 2.96. The molecule has 0 saturated carbocycles. The molecule has 1 fully saturated rings. The van der Waals surface area contributed by atoms with E-state index in [0.29, 0.717) is 52.3 Å². The molecule has 40 heavy (non-hydrogen) atoms. The van der Waals surface area contributed by atoms with Gasteiger partial charge in [-0.2, -0.15) is 17.9 Å². The predicted octanol–water partition coefficient (Wildman–Crippen LogP) is 6.50. The smallest absolute Gasteiger partial charge is 0.416 e. The van der Waals surface area contributed by atoms with Crippen LogP contribution in [0.4, 0.5) is 13.2 Å². The Morgan fingerprint density at radius 2 is 1.68 bits per heavy atom. The van der Waals surface area contributed by atoms with Crippen LogP contribution >= 0.6 is 11.6 Å². The van der Waals surface area contributed by atoms with Crippen LogP contribution in [0.5, 0.6) is 0 Å². The number of halogens is 4. The molecule has 1 aliphatic carbocycles. The third-order valence-electron chi connectivity index (χ3n) is 8.31. The zero-order valence-corrected chi connectivity index (χ0v) is 22.5. The summed E-state index contributed by atoms with van der Waals surface area (Å²) in [5, 5.41) is 12.0. The third-order valence-corrected chi connectivity index (χ3v) is 8.54. The Kier molecular flexibility index (Phi) is 7.10. The number of rotatable bonds is 4. The van der Waals surface area contributed by atoms with Gasteiger partial charge in [0.15, 0.2) is 5.43 Å². The van der Waals surface area contributed by atoms with Crippen LogP contribution in [0.3, 0.4) is 0 Å². The molecular formula is C31H29ClF3N3O2. The van der Waals surface area contributed by atoms with E-state index < -0.39 is 11.7 Å². The number of nitrogens with zero attached hydrogens (tertiary/aromatic N) is 3. The quantitative estimate of drug-likeness (QED) is 0.286. The first-order chi connectivity index (χ1) is 19.2. The summed E-state index contributed by atoms with van der Waals surface area (Å²) in [6.07, 6.45) is -3.72. The minimum Gasteiger partial charge on any atom is -0.428 e. The molecule has 1 saturated heterocycles. The summed E-state index contributed by atoms with van der Waals surface area (Å²) in [5.74, 6) is -0.301. The lowest BCUT2D eigenvalue weighted by molar-refractivity contribution is -0.137. The fraction of sp³-hybridized carbons (Fsp3) is 0.323. The van der Waals surface area contributed by atoms with Crippen molar-refractivity contribution in [3.63, 3.8) is 0 Å². The van der Waals surface area contributed by atoms with Crippen LogP contribution in [0.25, 0.3) is 10.9 Å². The molecule has 1 aliphatic heterocycles. The lowest BCUT2D eigenvalue weighted by Crippen LogP contribution is -2.49. The van der Waals surface area contributed by atoms with Gasteiger partial charge in [-0.3, -0.25) is 14.6 Å². The molecule has 2 heterocycles. The highest BCUT2D eigenvalue weighted by Gasteiger charge is 2.38. The summed E-state index contributed by atoms with van der Waals surface area (Å²) in [4.78, 5) is 18.5. The van der Waals surface area contributed by atoms with E-state index in [1.54, 1.807) is 24.3 Å². The standard InChI is InChI=1S/C31H29ClF3N3O2/c32-24-9-10-26-25(18-24)30(39)29-27(37-13-11-36(12-14-37)19-20-5-2-1-3-6-20)16-22(17-28(29)38(26)40)21-7-4-8-23(15-21)31(33,34)35/h1-10,15,18,22,27,40H,11-14,16-17,19H2. The second-order valence-corrected chi connectivity index (χ2v) is 11.2. The SMILES string of the molecule is O=c1c2c(n(O)c3ccc(Cl)cc13)CC(c1cccc(C(F)(F)F)c1)CC2N1CCN(Cc2ccccc2)CC1. The summed E-state index contributed by atoms with van der Waals surface area (Å²) in [7, 11) is 0. The monoisotopic (exact) mass is 567 g/mol. The molecule has 0 bridgehead atoms. The number of fused-ring (bicyclic) bond motifs is 2. The Hall–Kier alpha value is -3.33. The van der Waals surface area contributed by atoms with Gasteiger partial charge in [-0.1, -0.05) is 60.1 Å². The van der Waals surface area contributed by atoms with Crippen LogP contribution in [-0.4, -0.2) is 45.9 Å². The first-order valence-corrected chi connectivity index (χ1v) is 13.8. The lowest BCUT2D eigenvalue weighted by atomic mass is 9.78. The lowest BCUT2D eigenvalue weighted by Gasteiger charge is -2.43. The van der Waals surface area contributed by atoms with E-state index >= 15 is 0 Å². The number of hydrogen-bond acceptors (Lipinski definition) is 4. The van der Waals surface area contributed by atoms with Gasteiger partial charge in [-0.25, -0.2) is 0 Å². The van der Waals surface area contributed by atoms with Crippen LogP contribution in [0.2, 0.25) is 5.02 Å². The van der Waals surface area contributed by atoms with Gasteiger partial charge in [-0.05, 0) is 54.2 Å². The average molecular weight is 568 g/mol. The maximum atomic E-state index is 13.9. The van der Waals surface area contributed by atoms with Gasteiger partial charge in [-0.15, -0.1) is 0 Å². The molecule has 1 N–H and O–H groups in total. The van der Waals surface area contributed by atoms with Crippen molar-refractivity contribution in [2.45, 2.75) is 37.5 Å². The number of pyridine rings is 1. The molecule has 5 nitrogen and oxygen atoms in total. The number of piperazine rings is 1. The van der Waals surface area contributed by atoms with Gasteiger partial charge in [0.1, 0.15) is 0 Å². The Bertz CT molecular complexity index is 1600. The van der Waals surface area contributed by atoms with E-state index in [9.17, 15) is 23.2 Å². The van der Waals surface area contributed by atoms with Crippen LogP contribution in [0.15, 0.2) is 77.6 Å². The van der Waals surface area contributed by atoms with E-state index in [4.69, 9.17) is 11.6 Å². The zero-order valence-electron chi connectivity index (χ0n) is 21.7. The molecule has 0 spiro atoms. The summed E-state index contributed by atoms with van der Waals surface area (Å²) in [6, 6.07) is 20.1. The van der Waals surface area contributed by atoms with Crippen LogP contribution < -0.4 is 5.43 Å². The van der Waals surface area contributed by atoms with Gasteiger partial charge < -0.3 is 5.21 Å². The second kappa shape index (κ2) is 10.6. The zero-order chi connectivity index (χ0) is 28.0. The molecule has 0 amide bonds. The van der Waals surface area contributed by atoms with Crippen molar-refractivity contribution in [3.8, 4) is 0 Å². The first kappa shape index (κ1) is 26.9. The molecule has 2 atom stereocenters. The van der Waals surface area contributed by atoms with Crippen molar-refractivity contribution in [1.29, 1.82) is 0 Å².